The topological polar surface area (TPSA) is 61.0 Å². The van der Waals surface area contributed by atoms with Crippen LogP contribution in [0.4, 0.5) is 0 Å². The Morgan fingerprint density at radius 3 is 2.86 bits per heavy atom. The molecule has 5 nitrogen and oxygen atoms in total. The van der Waals surface area contributed by atoms with Crippen LogP contribution in [0.15, 0.2) is 48.8 Å². The molecule has 1 aliphatic rings. The van der Waals surface area contributed by atoms with Gasteiger partial charge in [-0.3, -0.25) is 9.69 Å². The van der Waals surface area contributed by atoms with E-state index in [-0.39, 0.29) is 5.91 Å². The minimum atomic E-state index is 0.128. The van der Waals surface area contributed by atoms with E-state index < -0.39 is 0 Å². The van der Waals surface area contributed by atoms with Crippen LogP contribution in [0.25, 0.3) is 11.0 Å². The molecule has 3 aromatic rings. The fourth-order valence-corrected chi connectivity index (χ4v) is 4.20. The summed E-state index contributed by atoms with van der Waals surface area (Å²) in [5, 5.41) is 4.31. The molecule has 0 aliphatic carbocycles. The Labute approximate surface area is 166 Å². The number of likely N-dealkylation sites (tertiary alicyclic amines) is 1. The van der Waals surface area contributed by atoms with Gasteiger partial charge in [0.15, 0.2) is 0 Å². The first-order valence-corrected chi connectivity index (χ1v) is 10.2. The van der Waals surface area contributed by atoms with Crippen molar-refractivity contribution in [3.8, 4) is 0 Å². The first-order valence-electron chi connectivity index (χ1n) is 10.2. The molecule has 2 aromatic heterocycles. The summed E-state index contributed by atoms with van der Waals surface area (Å²) in [6, 6.07) is 12.5. The number of pyridine rings is 1. The van der Waals surface area contributed by atoms with E-state index in [1.165, 1.54) is 22.1 Å². The van der Waals surface area contributed by atoms with Gasteiger partial charge in [-0.25, -0.2) is 4.98 Å². The molecular formula is C23H28N4O. The normalized spacial score (nSPS) is 15.8. The number of carbonyl (C=O) groups excluding carboxylic acids is 1. The van der Waals surface area contributed by atoms with Crippen molar-refractivity contribution in [2.24, 2.45) is 0 Å². The van der Waals surface area contributed by atoms with E-state index in [1.807, 2.05) is 18.3 Å². The van der Waals surface area contributed by atoms with Crippen LogP contribution in [0, 0.1) is 6.92 Å². The number of fused-ring (bicyclic) bond motifs is 1. The van der Waals surface area contributed by atoms with Crippen molar-refractivity contribution in [3.63, 3.8) is 0 Å². The summed E-state index contributed by atoms with van der Waals surface area (Å²) in [6.45, 7) is 5.23. The number of aromatic amines is 1. The zero-order valence-corrected chi connectivity index (χ0v) is 16.4. The van der Waals surface area contributed by atoms with Gasteiger partial charge in [-0.05, 0) is 74.0 Å². The summed E-state index contributed by atoms with van der Waals surface area (Å²) >= 11 is 0. The summed E-state index contributed by atoms with van der Waals surface area (Å²) in [7, 11) is 0. The van der Waals surface area contributed by atoms with Crippen molar-refractivity contribution in [3.05, 3.63) is 65.5 Å². The number of aryl methyl sites for hydroxylation is 1. The molecule has 0 unspecified atom stereocenters. The second-order valence-corrected chi connectivity index (χ2v) is 7.72. The Bertz CT molecular complexity index is 940. The predicted molar refractivity (Wildman–Crippen MR) is 112 cm³/mol. The fourth-order valence-electron chi connectivity index (χ4n) is 4.20. The van der Waals surface area contributed by atoms with Gasteiger partial charge >= 0.3 is 0 Å². The number of piperidine rings is 1. The molecule has 0 radical (unpaired) electrons. The van der Waals surface area contributed by atoms with Gasteiger partial charge in [-0.2, -0.15) is 0 Å². The maximum atomic E-state index is 12.3. The molecule has 1 aliphatic heterocycles. The Hall–Kier alpha value is -2.66. The molecular weight excluding hydrogens is 348 g/mol. The van der Waals surface area contributed by atoms with Gasteiger partial charge in [-0.1, -0.05) is 24.3 Å². The van der Waals surface area contributed by atoms with Crippen LogP contribution in [-0.2, 0) is 11.2 Å². The number of hydrogen-bond acceptors (Lipinski definition) is 3. The molecule has 3 heterocycles. The molecule has 4 rings (SSSR count). The number of benzene rings is 1. The Morgan fingerprint density at radius 2 is 2.04 bits per heavy atom. The van der Waals surface area contributed by atoms with Crippen molar-refractivity contribution < 1.29 is 4.79 Å². The predicted octanol–water partition coefficient (Wildman–Crippen LogP) is 3.41. The lowest BCUT2D eigenvalue weighted by molar-refractivity contribution is -0.122. The summed E-state index contributed by atoms with van der Waals surface area (Å²) in [5.74, 6) is 0.668. The minimum absolute atomic E-state index is 0.128. The van der Waals surface area contributed by atoms with Crippen LogP contribution in [0.2, 0.25) is 0 Å². The SMILES string of the molecule is Cc1ccccc1CCNC(=O)CN1CCC(c2c[nH]c3ncccc23)CC1. The van der Waals surface area contributed by atoms with Crippen LogP contribution in [0.1, 0.15) is 35.4 Å². The number of hydrogen-bond donors (Lipinski definition) is 2. The largest absolute Gasteiger partial charge is 0.355 e. The van der Waals surface area contributed by atoms with E-state index in [0.717, 1.165) is 38.0 Å². The molecule has 28 heavy (non-hydrogen) atoms. The molecule has 2 N–H and O–H groups in total. The number of rotatable bonds is 6. The smallest absolute Gasteiger partial charge is 0.234 e. The van der Waals surface area contributed by atoms with Crippen LogP contribution in [0.5, 0.6) is 0 Å². The summed E-state index contributed by atoms with van der Waals surface area (Å²) in [6.07, 6.45) is 6.98. The summed E-state index contributed by atoms with van der Waals surface area (Å²) in [5.41, 5.74) is 4.92. The molecule has 5 heteroatoms. The third kappa shape index (κ3) is 4.25. The van der Waals surface area contributed by atoms with Gasteiger partial charge in [0.25, 0.3) is 0 Å². The molecule has 1 fully saturated rings. The third-order valence-electron chi connectivity index (χ3n) is 5.86. The maximum Gasteiger partial charge on any atom is 0.234 e. The molecule has 1 amide bonds. The van der Waals surface area contributed by atoms with Gasteiger partial charge in [0, 0.05) is 24.3 Å². The highest BCUT2D eigenvalue weighted by atomic mass is 16.2. The number of nitrogens with one attached hydrogen (secondary N) is 2. The lowest BCUT2D eigenvalue weighted by atomic mass is 9.89. The molecule has 1 saturated heterocycles. The van der Waals surface area contributed by atoms with Crippen LogP contribution < -0.4 is 5.32 Å². The van der Waals surface area contributed by atoms with E-state index in [4.69, 9.17) is 0 Å². The van der Waals surface area contributed by atoms with E-state index in [0.29, 0.717) is 19.0 Å². The van der Waals surface area contributed by atoms with Gasteiger partial charge in [0.1, 0.15) is 5.65 Å². The molecule has 0 spiro atoms. The first-order chi connectivity index (χ1) is 13.7. The number of aromatic nitrogens is 2. The number of carbonyl (C=O) groups is 1. The zero-order valence-electron chi connectivity index (χ0n) is 16.4. The van der Waals surface area contributed by atoms with Crippen molar-refractivity contribution >= 4 is 16.9 Å². The summed E-state index contributed by atoms with van der Waals surface area (Å²) < 4.78 is 0. The van der Waals surface area contributed by atoms with Crippen LogP contribution in [0.3, 0.4) is 0 Å². The number of H-pyrrole nitrogens is 1. The van der Waals surface area contributed by atoms with E-state index in [9.17, 15) is 4.79 Å². The quantitative estimate of drug-likeness (QED) is 0.693. The standard InChI is InChI=1S/C23H28N4O/c1-17-5-2-3-6-18(17)8-12-24-22(28)16-27-13-9-19(10-14-27)21-15-26-23-20(21)7-4-11-25-23/h2-7,11,15,19H,8-10,12-14,16H2,1H3,(H,24,28)(H,25,26). The molecule has 146 valence electrons. The monoisotopic (exact) mass is 376 g/mol. The lowest BCUT2D eigenvalue weighted by Crippen LogP contribution is -2.41. The van der Waals surface area contributed by atoms with E-state index in [2.05, 4.69) is 57.6 Å². The second kappa shape index (κ2) is 8.57. The maximum absolute atomic E-state index is 12.3. The van der Waals surface area contributed by atoms with Crippen molar-refractivity contribution in [2.75, 3.05) is 26.2 Å². The highest BCUT2D eigenvalue weighted by molar-refractivity contribution is 5.80. The fraction of sp³-hybridized carbons (Fsp3) is 0.391. The number of nitrogens with zero attached hydrogens (tertiary/aromatic N) is 2. The Morgan fingerprint density at radius 1 is 1.21 bits per heavy atom. The lowest BCUT2D eigenvalue weighted by Gasteiger charge is -2.31. The molecule has 0 atom stereocenters. The van der Waals surface area contributed by atoms with Gasteiger partial charge in [-0.15, -0.1) is 0 Å². The highest BCUT2D eigenvalue weighted by Crippen LogP contribution is 2.32. The Balaban J connectivity index is 1.23. The van der Waals surface area contributed by atoms with Gasteiger partial charge in [0.05, 0.1) is 6.54 Å². The highest BCUT2D eigenvalue weighted by Gasteiger charge is 2.24. The van der Waals surface area contributed by atoms with Crippen molar-refractivity contribution in [1.82, 2.24) is 20.2 Å². The molecule has 0 bridgehead atoms. The average molecular weight is 377 g/mol. The second-order valence-electron chi connectivity index (χ2n) is 7.72. The van der Waals surface area contributed by atoms with Crippen LogP contribution in [-0.4, -0.2) is 47.0 Å². The molecule has 1 aromatic carbocycles. The van der Waals surface area contributed by atoms with Crippen molar-refractivity contribution in [1.29, 1.82) is 0 Å². The van der Waals surface area contributed by atoms with Gasteiger partial charge in [0.2, 0.25) is 5.91 Å². The Kier molecular flexibility index (Phi) is 5.72. The van der Waals surface area contributed by atoms with Crippen molar-refractivity contribution in [2.45, 2.75) is 32.1 Å². The molecule has 0 saturated carbocycles. The minimum Gasteiger partial charge on any atom is -0.355 e. The summed E-state index contributed by atoms with van der Waals surface area (Å²) in [4.78, 5) is 22.2. The first kappa shape index (κ1) is 18.7. The zero-order chi connectivity index (χ0) is 19.3. The van der Waals surface area contributed by atoms with E-state index >= 15 is 0 Å². The van der Waals surface area contributed by atoms with Crippen LogP contribution >= 0.6 is 0 Å². The average Bonchev–Trinajstić information content (AvgIpc) is 3.14. The third-order valence-corrected chi connectivity index (χ3v) is 5.86. The van der Waals surface area contributed by atoms with E-state index in [1.54, 1.807) is 0 Å². The number of amides is 1. The van der Waals surface area contributed by atoms with Gasteiger partial charge < -0.3 is 10.3 Å².